The van der Waals surface area contributed by atoms with Crippen LogP contribution in [0.5, 0.6) is 0 Å². The summed E-state index contributed by atoms with van der Waals surface area (Å²) in [5, 5.41) is 17.2. The van der Waals surface area contributed by atoms with Crippen molar-refractivity contribution in [2.24, 2.45) is 5.92 Å². The highest BCUT2D eigenvalue weighted by atomic mass is 19.1. The molecule has 10 fully saturated rings. The zero-order valence-electron chi connectivity index (χ0n) is 34.3. The Hall–Kier alpha value is -3.61. The van der Waals surface area contributed by atoms with Crippen molar-refractivity contribution in [3.63, 3.8) is 0 Å². The van der Waals surface area contributed by atoms with Gasteiger partial charge in [-0.15, -0.1) is 0 Å². The van der Waals surface area contributed by atoms with Crippen molar-refractivity contribution in [2.45, 2.75) is 144 Å². The first-order valence-electron chi connectivity index (χ1n) is 22.8. The molecule has 13 atom stereocenters. The average Bonchev–Trinajstić information content (AvgIpc) is 3.83. The molecule has 2 aliphatic carbocycles. The van der Waals surface area contributed by atoms with Crippen LogP contribution >= 0.6 is 0 Å². The summed E-state index contributed by atoms with van der Waals surface area (Å²) in [6.07, 6.45) is 10.1. The van der Waals surface area contributed by atoms with Gasteiger partial charge >= 0.3 is 0 Å². The second-order valence-corrected chi connectivity index (χ2v) is 19.4. The highest BCUT2D eigenvalue weighted by molar-refractivity contribution is 5.92. The highest BCUT2D eigenvalue weighted by Crippen LogP contribution is 2.44. The first-order chi connectivity index (χ1) is 29.2. The number of rotatable bonds is 4. The Morgan fingerprint density at radius 2 is 1.75 bits per heavy atom. The summed E-state index contributed by atoms with van der Waals surface area (Å²) in [5.74, 6) is 0.0916. The van der Waals surface area contributed by atoms with E-state index in [2.05, 4.69) is 47.6 Å². The quantitative estimate of drug-likeness (QED) is 0.359. The predicted molar refractivity (Wildman–Crippen MR) is 219 cm³/mol. The molecule has 0 spiro atoms. The molecule has 10 heterocycles. The zero-order valence-corrected chi connectivity index (χ0v) is 34.3. The molecule has 14 nitrogen and oxygen atoms in total. The van der Waals surface area contributed by atoms with Crippen LogP contribution in [0.15, 0.2) is 24.4 Å². The van der Waals surface area contributed by atoms with E-state index in [1.807, 2.05) is 4.90 Å². The van der Waals surface area contributed by atoms with Crippen LogP contribution in [-0.2, 0) is 9.53 Å². The summed E-state index contributed by atoms with van der Waals surface area (Å²) < 4.78 is 53.3. The van der Waals surface area contributed by atoms with Gasteiger partial charge in [-0.05, 0) is 89.2 Å². The Bertz CT molecular complexity index is 2140. The molecule has 0 radical (unpaired) electrons. The molecule has 8 aliphatic heterocycles. The number of hydrogen-bond donors (Lipinski definition) is 3. The van der Waals surface area contributed by atoms with Gasteiger partial charge in [0.15, 0.2) is 11.5 Å². The number of hydrogen-bond acceptors (Lipinski definition) is 12. The molecule has 17 heteroatoms. The van der Waals surface area contributed by atoms with Gasteiger partial charge in [-0.2, -0.15) is 15.1 Å². The molecule has 3 aromatic rings. The van der Waals surface area contributed by atoms with E-state index < -0.39 is 17.8 Å². The lowest BCUT2D eigenvalue weighted by Crippen LogP contribution is -2.72. The predicted octanol–water partition coefficient (Wildman–Crippen LogP) is 2.89. The van der Waals surface area contributed by atoms with Gasteiger partial charge in [0.05, 0.1) is 36.1 Å². The van der Waals surface area contributed by atoms with Crippen molar-refractivity contribution >= 4 is 28.7 Å². The van der Waals surface area contributed by atoms with Crippen LogP contribution in [0.2, 0.25) is 0 Å². The summed E-state index contributed by atoms with van der Waals surface area (Å²) in [7, 11) is 0. The SMILES string of the molecule is CC1NC2CC(F)CC3C4CCCC(N4)N[C@H]4C[C@@H](CN5CCCO[C@@H](C5)CN1C23)N(c1nc(N2[C@@H]3C[C@H]2C(=O)N(C2CC2)C3)nc2c1cnn2-c1ccc(F)cc1F)C4. The van der Waals surface area contributed by atoms with Crippen molar-refractivity contribution < 1.29 is 22.7 Å². The Morgan fingerprint density at radius 3 is 2.60 bits per heavy atom. The first-order valence-corrected chi connectivity index (χ1v) is 22.8. The number of amides is 1. The molecule has 2 saturated carbocycles. The molecular formula is C43H57F3N12O2. The summed E-state index contributed by atoms with van der Waals surface area (Å²) in [6, 6.07) is 4.39. The number of carbonyl (C=O) groups excluding carboxylic acids is 1. The molecule has 8 saturated heterocycles. The monoisotopic (exact) mass is 830 g/mol. The minimum Gasteiger partial charge on any atom is -0.375 e. The number of anilines is 2. The number of piperidine rings is 2. The maximum atomic E-state index is 15.6. The lowest BCUT2D eigenvalue weighted by Gasteiger charge is -2.55. The van der Waals surface area contributed by atoms with Crippen molar-refractivity contribution in [3.8, 4) is 5.69 Å². The number of fused-ring (bicyclic) bond motifs is 10. The van der Waals surface area contributed by atoms with E-state index in [4.69, 9.17) is 14.7 Å². The second kappa shape index (κ2) is 14.8. The molecular weight excluding hydrogens is 774 g/mol. The van der Waals surface area contributed by atoms with Crippen molar-refractivity contribution in [1.29, 1.82) is 0 Å². The molecule has 322 valence electrons. The number of carbonyl (C=O) groups is 1. The van der Waals surface area contributed by atoms with Gasteiger partial charge in [0.1, 0.15) is 29.5 Å². The maximum absolute atomic E-state index is 15.6. The van der Waals surface area contributed by atoms with E-state index >= 15 is 8.78 Å². The van der Waals surface area contributed by atoms with Crippen LogP contribution in [-0.4, -0.2) is 159 Å². The molecule has 60 heavy (non-hydrogen) atoms. The van der Waals surface area contributed by atoms with Crippen LogP contribution in [0.25, 0.3) is 16.7 Å². The van der Waals surface area contributed by atoms with Gasteiger partial charge in [0, 0.05) is 88.2 Å². The number of ether oxygens (including phenoxy) is 1. The Labute approximate surface area is 348 Å². The van der Waals surface area contributed by atoms with Crippen molar-refractivity contribution in [1.82, 2.24) is 50.4 Å². The van der Waals surface area contributed by atoms with Gasteiger partial charge < -0.3 is 19.4 Å². The lowest BCUT2D eigenvalue weighted by molar-refractivity contribution is -0.140. The highest BCUT2D eigenvalue weighted by Gasteiger charge is 2.55. The Morgan fingerprint density at radius 1 is 0.850 bits per heavy atom. The van der Waals surface area contributed by atoms with E-state index in [0.29, 0.717) is 55.6 Å². The fraction of sp³-hybridized carbons (Fsp3) is 0.721. The summed E-state index contributed by atoms with van der Waals surface area (Å²) in [4.78, 5) is 35.9. The second-order valence-electron chi connectivity index (χ2n) is 19.4. The number of aromatic nitrogens is 4. The van der Waals surface area contributed by atoms with Gasteiger partial charge in [-0.3, -0.25) is 30.5 Å². The number of piperazine rings is 1. The van der Waals surface area contributed by atoms with E-state index in [-0.39, 0.29) is 78.2 Å². The minimum atomic E-state index is -0.813. The number of alkyl halides is 1. The number of nitrogens with one attached hydrogen (secondary N) is 3. The molecule has 10 aliphatic rings. The van der Waals surface area contributed by atoms with E-state index in [1.165, 1.54) is 16.8 Å². The molecule has 8 bridgehead atoms. The Balaban J connectivity index is 0.928. The third kappa shape index (κ3) is 6.50. The summed E-state index contributed by atoms with van der Waals surface area (Å²) >= 11 is 0. The fourth-order valence-corrected chi connectivity index (χ4v) is 12.8. The Kier molecular flexibility index (Phi) is 9.37. The molecule has 13 rings (SSSR count). The smallest absolute Gasteiger partial charge is 0.245 e. The third-order valence-electron chi connectivity index (χ3n) is 15.6. The molecule has 1 aromatic carbocycles. The average molecular weight is 831 g/mol. The normalized spacial score (nSPS) is 39.6. The first kappa shape index (κ1) is 38.1. The van der Waals surface area contributed by atoms with Crippen LogP contribution < -0.4 is 25.8 Å². The zero-order chi connectivity index (χ0) is 40.4. The van der Waals surface area contributed by atoms with Crippen molar-refractivity contribution in [3.05, 3.63) is 36.0 Å². The van der Waals surface area contributed by atoms with Crippen LogP contribution in [0.4, 0.5) is 24.9 Å². The topological polar surface area (TPSA) is 122 Å². The fourth-order valence-electron chi connectivity index (χ4n) is 12.8. The van der Waals surface area contributed by atoms with Crippen LogP contribution in [0, 0.1) is 17.6 Å². The van der Waals surface area contributed by atoms with Crippen LogP contribution in [0.1, 0.15) is 71.1 Å². The minimum absolute atomic E-state index is 0.0139. The van der Waals surface area contributed by atoms with Crippen molar-refractivity contribution in [2.75, 3.05) is 55.7 Å². The third-order valence-corrected chi connectivity index (χ3v) is 15.6. The largest absolute Gasteiger partial charge is 0.375 e. The van der Waals surface area contributed by atoms with Gasteiger partial charge in [0.25, 0.3) is 0 Å². The summed E-state index contributed by atoms with van der Waals surface area (Å²) in [5.41, 5.74) is 0.525. The number of halogens is 3. The molecule has 8 unspecified atom stereocenters. The maximum Gasteiger partial charge on any atom is 0.245 e. The van der Waals surface area contributed by atoms with E-state index in [0.717, 1.165) is 89.4 Å². The van der Waals surface area contributed by atoms with Crippen LogP contribution in [0.3, 0.4) is 0 Å². The standard InChI is InChI=1S/C43H57F3N12O2/c1-23-48-35-14-25(45)12-31-34-4-2-5-38(50-34)49-26-15-28(19-53-10-3-11-60-30(21-53)22-54(23)39(31)35)55(18-26)40-32-17-47-58(36-9-6-24(44)13-33(36)46)41(32)52-43(51-40)57-29-16-37(57)42(59)56(20-29)27-7-8-27/h6,9,13,17,23,25-31,34-35,37-39,48-50H,2-5,7-8,10-12,14-16,18-22H2,1H3/t23?,25?,26-,28-,29+,30-,31?,34?,35?,37-,38?,39?/m0/s1. The molecule has 3 N–H and O–H groups in total. The number of nitrogens with zero attached hydrogens (tertiary/aromatic N) is 9. The van der Waals surface area contributed by atoms with E-state index in [1.54, 1.807) is 6.20 Å². The number of benzene rings is 1. The van der Waals surface area contributed by atoms with Gasteiger partial charge in [-0.1, -0.05) is 0 Å². The van der Waals surface area contributed by atoms with E-state index in [9.17, 15) is 9.18 Å². The summed E-state index contributed by atoms with van der Waals surface area (Å²) in [6.45, 7) is 7.58. The van der Waals surface area contributed by atoms with Gasteiger partial charge in [-0.25, -0.2) is 17.9 Å². The lowest BCUT2D eigenvalue weighted by atomic mass is 9.74. The molecule has 1 amide bonds. The van der Waals surface area contributed by atoms with Gasteiger partial charge in [0.2, 0.25) is 11.9 Å². The molecule has 2 aromatic heterocycles.